The van der Waals surface area contributed by atoms with Gasteiger partial charge in [0.15, 0.2) is 0 Å². The summed E-state index contributed by atoms with van der Waals surface area (Å²) in [5, 5.41) is 12.0. The summed E-state index contributed by atoms with van der Waals surface area (Å²) in [4.78, 5) is 12.2. The molecule has 0 saturated carbocycles. The zero-order chi connectivity index (χ0) is 15.9. The summed E-state index contributed by atoms with van der Waals surface area (Å²) in [6.07, 6.45) is 2.10. The molecule has 7 heteroatoms. The minimum atomic E-state index is -3.45. The van der Waals surface area contributed by atoms with E-state index in [0.29, 0.717) is 18.8 Å². The van der Waals surface area contributed by atoms with Gasteiger partial charge in [0.2, 0.25) is 15.9 Å². The number of nitrogens with one attached hydrogen (secondary N) is 2. The monoisotopic (exact) mass is 308 g/mol. The summed E-state index contributed by atoms with van der Waals surface area (Å²) < 4.78 is 25.0. The number of hydrogen-bond donors (Lipinski definition) is 3. The number of carbonyl (C=O) groups is 1. The first-order valence-electron chi connectivity index (χ1n) is 6.93. The number of rotatable bonds is 9. The molecule has 1 amide bonds. The van der Waals surface area contributed by atoms with Crippen LogP contribution in [-0.4, -0.2) is 44.4 Å². The first-order chi connectivity index (χ1) is 9.05. The Kier molecular flexibility index (Phi) is 8.30. The summed E-state index contributed by atoms with van der Waals surface area (Å²) >= 11 is 0. The van der Waals surface area contributed by atoms with E-state index in [0.717, 1.165) is 6.26 Å². The first-order valence-corrected chi connectivity index (χ1v) is 8.82. The van der Waals surface area contributed by atoms with Gasteiger partial charge in [-0.15, -0.1) is 0 Å². The fourth-order valence-corrected chi connectivity index (χ4v) is 2.71. The van der Waals surface area contributed by atoms with E-state index in [9.17, 15) is 18.3 Å². The summed E-state index contributed by atoms with van der Waals surface area (Å²) in [5.41, 5.74) is 0. The molecule has 3 N–H and O–H groups in total. The van der Waals surface area contributed by atoms with Crippen LogP contribution >= 0.6 is 0 Å². The Bertz CT molecular complexity index is 393. The third-order valence-electron chi connectivity index (χ3n) is 2.70. The minimum absolute atomic E-state index is 0.156. The third kappa shape index (κ3) is 9.28. The van der Waals surface area contributed by atoms with Gasteiger partial charge in [0.25, 0.3) is 0 Å². The Hall–Kier alpha value is -0.660. The molecule has 0 radical (unpaired) electrons. The molecule has 0 heterocycles. The maximum absolute atomic E-state index is 12.2. The highest BCUT2D eigenvalue weighted by Crippen LogP contribution is 2.08. The van der Waals surface area contributed by atoms with Gasteiger partial charge in [0.1, 0.15) is 6.04 Å². The lowest BCUT2D eigenvalue weighted by molar-refractivity contribution is -0.124. The van der Waals surface area contributed by atoms with Crippen LogP contribution < -0.4 is 10.0 Å². The smallest absolute Gasteiger partial charge is 0.238 e. The van der Waals surface area contributed by atoms with Crippen molar-refractivity contribution in [3.05, 3.63) is 0 Å². The number of amides is 1. The highest BCUT2D eigenvalue weighted by molar-refractivity contribution is 7.88. The van der Waals surface area contributed by atoms with Gasteiger partial charge in [-0.2, -0.15) is 0 Å². The Labute approximate surface area is 122 Å². The number of carbonyl (C=O) groups excluding carboxylic acids is 1. The van der Waals surface area contributed by atoms with Crippen LogP contribution in [0.4, 0.5) is 0 Å². The molecule has 120 valence electrons. The van der Waals surface area contributed by atoms with E-state index < -0.39 is 16.1 Å². The highest BCUT2D eigenvalue weighted by Gasteiger charge is 2.25. The first kappa shape index (κ1) is 19.3. The molecule has 0 spiro atoms. The quantitative estimate of drug-likeness (QED) is 0.577. The van der Waals surface area contributed by atoms with Crippen molar-refractivity contribution in [3.8, 4) is 0 Å². The molecule has 0 fully saturated rings. The summed E-state index contributed by atoms with van der Waals surface area (Å²) in [6.45, 7) is 7.67. The predicted octanol–water partition coefficient (Wildman–Crippen LogP) is 0.474. The molecule has 0 aromatic carbocycles. The molecule has 6 nitrogen and oxygen atoms in total. The number of aliphatic hydroxyl groups excluding tert-OH is 1. The van der Waals surface area contributed by atoms with Crippen molar-refractivity contribution in [2.75, 3.05) is 12.9 Å². The lowest BCUT2D eigenvalue weighted by Gasteiger charge is -2.23. The molecular formula is C13H28N2O4S. The van der Waals surface area contributed by atoms with Crippen molar-refractivity contribution in [2.45, 2.75) is 52.6 Å². The van der Waals surface area contributed by atoms with Gasteiger partial charge < -0.3 is 10.4 Å². The van der Waals surface area contributed by atoms with Crippen LogP contribution in [0.25, 0.3) is 0 Å². The maximum atomic E-state index is 12.2. The van der Waals surface area contributed by atoms with E-state index in [1.807, 2.05) is 27.7 Å². The molecular weight excluding hydrogens is 280 g/mol. The van der Waals surface area contributed by atoms with E-state index in [1.165, 1.54) is 0 Å². The second-order valence-corrected chi connectivity index (χ2v) is 7.87. The van der Waals surface area contributed by atoms with Gasteiger partial charge in [-0.05, 0) is 24.7 Å². The normalized spacial score (nSPS) is 15.4. The lowest BCUT2D eigenvalue weighted by Crippen LogP contribution is -2.51. The van der Waals surface area contributed by atoms with Gasteiger partial charge in [-0.3, -0.25) is 4.79 Å². The molecule has 20 heavy (non-hydrogen) atoms. The van der Waals surface area contributed by atoms with Crippen LogP contribution in [0.3, 0.4) is 0 Å². The molecule has 2 atom stereocenters. The minimum Gasteiger partial charge on any atom is -0.394 e. The number of sulfonamides is 1. The van der Waals surface area contributed by atoms with Gasteiger partial charge in [0, 0.05) is 0 Å². The van der Waals surface area contributed by atoms with Gasteiger partial charge >= 0.3 is 0 Å². The fraction of sp³-hybridized carbons (Fsp3) is 0.923. The average molecular weight is 308 g/mol. The molecule has 0 saturated heterocycles. The molecule has 0 aromatic rings. The fourth-order valence-electron chi connectivity index (χ4n) is 1.99. The maximum Gasteiger partial charge on any atom is 0.238 e. The van der Waals surface area contributed by atoms with Crippen LogP contribution in [0.5, 0.6) is 0 Å². The average Bonchev–Trinajstić information content (AvgIpc) is 2.23. The van der Waals surface area contributed by atoms with Crippen molar-refractivity contribution in [1.29, 1.82) is 0 Å². The summed E-state index contributed by atoms with van der Waals surface area (Å²) in [5.74, 6) is 0.125. The van der Waals surface area contributed by atoms with Crippen molar-refractivity contribution >= 4 is 15.9 Å². The third-order valence-corrected chi connectivity index (χ3v) is 3.42. The van der Waals surface area contributed by atoms with Crippen molar-refractivity contribution < 1.29 is 18.3 Å². The van der Waals surface area contributed by atoms with E-state index in [1.54, 1.807) is 0 Å². The van der Waals surface area contributed by atoms with Crippen molar-refractivity contribution in [1.82, 2.24) is 10.0 Å². The topological polar surface area (TPSA) is 95.5 Å². The lowest BCUT2D eigenvalue weighted by atomic mass is 10.0. The standard InChI is InChI=1S/C13H28N2O4S/c1-9(2)6-11(8-16)14-13(17)12(7-10(3)4)15-20(5,18)19/h9-12,15-16H,6-8H2,1-5H3,(H,14,17)/t11-,12+/m0/s1. The Morgan fingerprint density at radius 3 is 1.95 bits per heavy atom. The zero-order valence-corrected chi connectivity index (χ0v) is 13.8. The van der Waals surface area contributed by atoms with Crippen LogP contribution in [-0.2, 0) is 14.8 Å². The molecule has 0 aliphatic carbocycles. The molecule has 0 rings (SSSR count). The Morgan fingerprint density at radius 1 is 1.10 bits per heavy atom. The van der Waals surface area contributed by atoms with Crippen LogP contribution in [0.2, 0.25) is 0 Å². The summed E-state index contributed by atoms with van der Waals surface area (Å²) in [7, 11) is -3.45. The van der Waals surface area contributed by atoms with Gasteiger partial charge in [-0.25, -0.2) is 13.1 Å². The van der Waals surface area contributed by atoms with E-state index in [-0.39, 0.29) is 24.5 Å². The Morgan fingerprint density at radius 2 is 1.60 bits per heavy atom. The number of hydrogen-bond acceptors (Lipinski definition) is 4. The van der Waals surface area contributed by atoms with Crippen LogP contribution in [0.1, 0.15) is 40.5 Å². The largest absolute Gasteiger partial charge is 0.394 e. The SMILES string of the molecule is CC(C)C[C@@H](CO)NC(=O)[C@@H](CC(C)C)NS(C)(=O)=O. The van der Waals surface area contributed by atoms with Gasteiger partial charge in [0.05, 0.1) is 18.9 Å². The van der Waals surface area contributed by atoms with Crippen molar-refractivity contribution in [3.63, 3.8) is 0 Å². The molecule has 0 aromatic heterocycles. The number of aliphatic hydroxyl groups is 1. The van der Waals surface area contributed by atoms with Gasteiger partial charge in [-0.1, -0.05) is 27.7 Å². The second kappa shape index (κ2) is 8.59. The van der Waals surface area contributed by atoms with Crippen LogP contribution in [0, 0.1) is 11.8 Å². The second-order valence-electron chi connectivity index (χ2n) is 6.09. The van der Waals surface area contributed by atoms with Crippen molar-refractivity contribution in [2.24, 2.45) is 11.8 Å². The molecule has 0 bridgehead atoms. The molecule has 0 unspecified atom stereocenters. The van der Waals surface area contributed by atoms with E-state index in [2.05, 4.69) is 10.0 Å². The van der Waals surface area contributed by atoms with Crippen LogP contribution in [0.15, 0.2) is 0 Å². The Balaban J connectivity index is 4.76. The molecule has 0 aliphatic heterocycles. The molecule has 0 aliphatic rings. The predicted molar refractivity (Wildman–Crippen MR) is 79.7 cm³/mol. The van der Waals surface area contributed by atoms with E-state index >= 15 is 0 Å². The zero-order valence-electron chi connectivity index (χ0n) is 13.0. The summed E-state index contributed by atoms with van der Waals surface area (Å²) in [6, 6.07) is -1.15. The van der Waals surface area contributed by atoms with E-state index in [4.69, 9.17) is 0 Å². The highest BCUT2D eigenvalue weighted by atomic mass is 32.2.